The van der Waals surface area contributed by atoms with Gasteiger partial charge >= 0.3 is 0 Å². The van der Waals surface area contributed by atoms with Crippen molar-refractivity contribution in [2.45, 2.75) is 5.31 Å². The Kier molecular flexibility index (Phi) is 5.82. The Balaban J connectivity index is 3.79. The first-order chi connectivity index (χ1) is 5.18. The van der Waals surface area contributed by atoms with Gasteiger partial charge in [-0.3, -0.25) is 0 Å². The van der Waals surface area contributed by atoms with Gasteiger partial charge in [-0.2, -0.15) is 0 Å². The largest absolute Gasteiger partial charge is 0.444 e. The van der Waals surface area contributed by atoms with Crippen LogP contribution in [0.1, 0.15) is 0 Å². The van der Waals surface area contributed by atoms with E-state index in [1.807, 2.05) is 0 Å². The lowest BCUT2D eigenvalue weighted by Crippen LogP contribution is -2.30. The van der Waals surface area contributed by atoms with Crippen LogP contribution in [0.2, 0.25) is 5.31 Å². The topological polar surface area (TPSA) is 27.7 Å². The summed E-state index contributed by atoms with van der Waals surface area (Å²) in [4.78, 5) is 0. The molecule has 0 N–H and O–H groups in total. The summed E-state index contributed by atoms with van der Waals surface area (Å²) in [5.74, 6) is 0. The number of rotatable bonds is 6. The van der Waals surface area contributed by atoms with E-state index in [4.69, 9.17) is 14.0 Å². The van der Waals surface area contributed by atoms with Gasteiger partial charge in [0.15, 0.2) is 0 Å². The minimum absolute atomic E-state index is 0.0156. The maximum absolute atomic E-state index is 5.05. The molecule has 0 aromatic rings. The Morgan fingerprint density at radius 3 is 1.27 bits per heavy atom. The summed E-state index contributed by atoms with van der Waals surface area (Å²) in [5.41, 5.74) is 0. The van der Waals surface area contributed by atoms with Gasteiger partial charge in [0.05, 0.1) is 0 Å². The summed E-state index contributed by atoms with van der Waals surface area (Å²) in [6, 6.07) is 0. The van der Waals surface area contributed by atoms with Crippen LogP contribution in [0.4, 0.5) is 0 Å². The molecule has 0 rings (SSSR count). The van der Waals surface area contributed by atoms with Crippen LogP contribution in [0.3, 0.4) is 0 Å². The molecule has 0 atom stereocenters. The standard InChI is InChI=1S/C4H14B4O3/c5-4(1-9-6,2-10-7)3-11-8/h1-3,5-8H2. The van der Waals surface area contributed by atoms with E-state index in [-0.39, 0.29) is 5.31 Å². The van der Waals surface area contributed by atoms with E-state index >= 15 is 0 Å². The summed E-state index contributed by atoms with van der Waals surface area (Å²) < 4.78 is 15.2. The third kappa shape index (κ3) is 4.56. The lowest BCUT2D eigenvalue weighted by atomic mass is 9.70. The van der Waals surface area contributed by atoms with E-state index in [1.165, 1.54) is 0 Å². The minimum Gasteiger partial charge on any atom is -0.444 e. The van der Waals surface area contributed by atoms with E-state index in [2.05, 4.69) is 7.85 Å². The van der Waals surface area contributed by atoms with Gasteiger partial charge in [0.1, 0.15) is 7.85 Å². The Morgan fingerprint density at radius 2 is 1.09 bits per heavy atom. The minimum atomic E-state index is -0.0156. The molecule has 0 aliphatic carbocycles. The Bertz CT molecular complexity index is 84.3. The first kappa shape index (κ1) is 11.1. The molecule has 0 aliphatic heterocycles. The molecular weight excluding hydrogens is 139 g/mol. The van der Waals surface area contributed by atoms with Crippen LogP contribution in [0, 0.1) is 0 Å². The van der Waals surface area contributed by atoms with Gasteiger partial charge in [-0.05, 0) is 0 Å². The van der Waals surface area contributed by atoms with Crippen LogP contribution in [0.25, 0.3) is 0 Å². The second-order valence-electron chi connectivity index (χ2n) is 3.11. The van der Waals surface area contributed by atoms with Crippen LogP contribution >= 0.6 is 0 Å². The molecule has 0 bridgehead atoms. The second-order valence-corrected chi connectivity index (χ2v) is 3.11. The predicted octanol–water partition coefficient (Wildman–Crippen LogP) is -3.53. The molecule has 0 saturated carbocycles. The fourth-order valence-corrected chi connectivity index (χ4v) is 1.17. The monoisotopic (exact) mass is 154 g/mol. The van der Waals surface area contributed by atoms with Crippen molar-refractivity contribution in [2.24, 2.45) is 0 Å². The molecule has 0 aromatic heterocycles. The Morgan fingerprint density at radius 1 is 0.818 bits per heavy atom. The van der Waals surface area contributed by atoms with Gasteiger partial charge in [-0.15, -0.1) is 0 Å². The van der Waals surface area contributed by atoms with Crippen LogP contribution in [0.15, 0.2) is 0 Å². The zero-order valence-corrected chi connectivity index (χ0v) is 7.85. The van der Waals surface area contributed by atoms with Gasteiger partial charge in [0, 0.05) is 25.1 Å². The Hall–Kier alpha value is 0.140. The maximum atomic E-state index is 5.05. The maximum Gasteiger partial charge on any atom is 0.257 e. The highest BCUT2D eigenvalue weighted by atomic mass is 16.4. The SMILES string of the molecule is BOCC(B)(COB)COB. The molecule has 3 nitrogen and oxygen atoms in total. The molecule has 60 valence electrons. The van der Waals surface area contributed by atoms with Crippen LogP contribution in [0.5, 0.6) is 0 Å². The van der Waals surface area contributed by atoms with E-state index in [0.717, 1.165) is 0 Å². The van der Waals surface area contributed by atoms with Crippen LogP contribution < -0.4 is 0 Å². The lowest BCUT2D eigenvalue weighted by Gasteiger charge is -2.27. The zero-order valence-electron chi connectivity index (χ0n) is 7.85. The van der Waals surface area contributed by atoms with Crippen molar-refractivity contribution in [3.8, 4) is 0 Å². The fourth-order valence-electron chi connectivity index (χ4n) is 1.17. The van der Waals surface area contributed by atoms with E-state index < -0.39 is 0 Å². The molecule has 0 aliphatic rings. The molecule has 0 heterocycles. The van der Waals surface area contributed by atoms with E-state index in [0.29, 0.717) is 19.8 Å². The average molecular weight is 153 g/mol. The van der Waals surface area contributed by atoms with Gasteiger partial charge in [0.2, 0.25) is 0 Å². The molecule has 0 radical (unpaired) electrons. The molecule has 0 saturated heterocycles. The molecule has 0 fully saturated rings. The molecule has 11 heavy (non-hydrogen) atoms. The highest BCUT2D eigenvalue weighted by molar-refractivity contribution is 6.16. The highest BCUT2D eigenvalue weighted by Crippen LogP contribution is 2.21. The molecule has 0 amide bonds. The smallest absolute Gasteiger partial charge is 0.257 e. The van der Waals surface area contributed by atoms with E-state index in [1.54, 1.807) is 24.1 Å². The van der Waals surface area contributed by atoms with Crippen molar-refractivity contribution in [3.63, 3.8) is 0 Å². The molecule has 0 aromatic carbocycles. The van der Waals surface area contributed by atoms with Crippen molar-refractivity contribution >= 4 is 32.0 Å². The highest BCUT2D eigenvalue weighted by Gasteiger charge is 2.22. The summed E-state index contributed by atoms with van der Waals surface area (Å²) in [5, 5.41) is -0.0156. The van der Waals surface area contributed by atoms with Gasteiger partial charge in [0.25, 0.3) is 24.1 Å². The summed E-state index contributed by atoms with van der Waals surface area (Å²) in [6.45, 7) is 1.98. The molecular formula is C4H14B4O3. The summed E-state index contributed by atoms with van der Waals surface area (Å²) >= 11 is 0. The molecule has 7 heteroatoms. The van der Waals surface area contributed by atoms with Crippen LogP contribution in [-0.4, -0.2) is 51.8 Å². The average Bonchev–Trinajstić information content (AvgIpc) is 1.88. The first-order valence-corrected chi connectivity index (χ1v) is 3.65. The van der Waals surface area contributed by atoms with Crippen LogP contribution in [-0.2, 0) is 14.0 Å². The summed E-state index contributed by atoms with van der Waals surface area (Å²) in [7, 11) is 7.13. The number of hydrogen-bond acceptors (Lipinski definition) is 3. The normalized spacial score (nSPS) is 11.6. The van der Waals surface area contributed by atoms with Crippen molar-refractivity contribution in [2.75, 3.05) is 19.8 Å². The quantitative estimate of drug-likeness (QED) is 0.370. The van der Waals surface area contributed by atoms with E-state index in [9.17, 15) is 0 Å². The van der Waals surface area contributed by atoms with Gasteiger partial charge in [-0.25, -0.2) is 0 Å². The molecule has 0 spiro atoms. The predicted molar refractivity (Wildman–Crippen MR) is 54.7 cm³/mol. The lowest BCUT2D eigenvalue weighted by molar-refractivity contribution is 0.155. The first-order valence-electron chi connectivity index (χ1n) is 3.65. The third-order valence-corrected chi connectivity index (χ3v) is 1.48. The van der Waals surface area contributed by atoms with Gasteiger partial charge < -0.3 is 14.0 Å². The van der Waals surface area contributed by atoms with Crippen molar-refractivity contribution < 1.29 is 14.0 Å². The number of hydrogen-bond donors (Lipinski definition) is 0. The zero-order chi connectivity index (χ0) is 8.74. The van der Waals surface area contributed by atoms with Crippen molar-refractivity contribution in [3.05, 3.63) is 0 Å². The second kappa shape index (κ2) is 5.75. The van der Waals surface area contributed by atoms with Crippen molar-refractivity contribution in [1.82, 2.24) is 0 Å². The summed E-state index contributed by atoms with van der Waals surface area (Å²) in [6.07, 6.45) is 0. The van der Waals surface area contributed by atoms with Crippen molar-refractivity contribution in [1.29, 1.82) is 0 Å². The third-order valence-electron chi connectivity index (χ3n) is 1.48. The molecule has 0 unspecified atom stereocenters. The Labute approximate surface area is 71.9 Å². The fraction of sp³-hybridized carbons (Fsp3) is 1.00. The van der Waals surface area contributed by atoms with Gasteiger partial charge in [-0.1, -0.05) is 0 Å².